The molecular formula is C11H18N2OS2. The van der Waals surface area contributed by atoms with Gasteiger partial charge in [-0.05, 0) is 19.8 Å². The van der Waals surface area contributed by atoms with Gasteiger partial charge in [-0.3, -0.25) is 4.79 Å². The molecule has 0 radical (unpaired) electrons. The van der Waals surface area contributed by atoms with E-state index in [1.165, 1.54) is 0 Å². The fourth-order valence-corrected chi connectivity index (χ4v) is 2.11. The molecule has 1 amide bonds. The van der Waals surface area contributed by atoms with E-state index in [-0.39, 0.29) is 23.1 Å². The lowest BCUT2D eigenvalue weighted by Gasteiger charge is -2.17. The molecule has 2 atom stereocenters. The van der Waals surface area contributed by atoms with E-state index in [9.17, 15) is 4.79 Å². The minimum atomic E-state index is -0.261. The van der Waals surface area contributed by atoms with E-state index in [1.807, 2.05) is 33.1 Å². The molecule has 90 valence electrons. The fraction of sp³-hybridized carbons (Fsp3) is 0.636. The number of hydrogen-bond donors (Lipinski definition) is 2. The van der Waals surface area contributed by atoms with Gasteiger partial charge in [0.15, 0.2) is 0 Å². The van der Waals surface area contributed by atoms with Crippen LogP contribution in [0.5, 0.6) is 0 Å². The second-order valence-electron chi connectivity index (χ2n) is 4.25. The lowest BCUT2D eigenvalue weighted by atomic mass is 10.1. The van der Waals surface area contributed by atoms with Crippen LogP contribution in [0.15, 0.2) is 5.38 Å². The molecule has 0 saturated heterocycles. The van der Waals surface area contributed by atoms with Crippen LogP contribution >= 0.6 is 24.0 Å². The van der Waals surface area contributed by atoms with Gasteiger partial charge in [0.1, 0.15) is 5.01 Å². The third-order valence-corrected chi connectivity index (χ3v) is 4.24. The van der Waals surface area contributed by atoms with E-state index >= 15 is 0 Å². The average molecular weight is 258 g/mol. The Hall–Kier alpha value is -0.550. The van der Waals surface area contributed by atoms with Crippen molar-refractivity contribution in [1.82, 2.24) is 10.3 Å². The van der Waals surface area contributed by atoms with Gasteiger partial charge in [0, 0.05) is 11.1 Å². The van der Waals surface area contributed by atoms with Crippen LogP contribution < -0.4 is 5.32 Å². The van der Waals surface area contributed by atoms with Crippen LogP contribution in [0.1, 0.15) is 37.5 Å². The third kappa shape index (κ3) is 3.49. The van der Waals surface area contributed by atoms with Crippen molar-refractivity contribution in [3.8, 4) is 0 Å². The first-order valence-electron chi connectivity index (χ1n) is 5.32. The number of carbonyl (C=O) groups is 1. The topological polar surface area (TPSA) is 42.0 Å². The van der Waals surface area contributed by atoms with Crippen molar-refractivity contribution in [3.05, 3.63) is 16.1 Å². The molecule has 1 aromatic rings. The second kappa shape index (κ2) is 5.68. The number of nitrogens with zero attached hydrogens (tertiary/aromatic N) is 1. The predicted octanol–water partition coefficient (Wildman–Crippen LogP) is 2.58. The quantitative estimate of drug-likeness (QED) is 0.815. The first kappa shape index (κ1) is 13.5. The van der Waals surface area contributed by atoms with E-state index in [4.69, 9.17) is 0 Å². The number of thiazole rings is 1. The fourth-order valence-electron chi connectivity index (χ4n) is 1.23. The van der Waals surface area contributed by atoms with Crippen molar-refractivity contribution in [2.45, 2.75) is 39.0 Å². The van der Waals surface area contributed by atoms with Gasteiger partial charge in [-0.25, -0.2) is 4.98 Å². The van der Waals surface area contributed by atoms with Crippen molar-refractivity contribution in [2.24, 2.45) is 5.92 Å². The lowest BCUT2D eigenvalue weighted by Crippen LogP contribution is -2.36. The molecule has 1 aromatic heterocycles. The Labute approximate surface area is 106 Å². The summed E-state index contributed by atoms with van der Waals surface area (Å²) in [7, 11) is 0. The molecule has 0 aliphatic carbocycles. The molecule has 5 heteroatoms. The molecule has 1 heterocycles. The third-order valence-electron chi connectivity index (χ3n) is 2.27. The zero-order valence-electron chi connectivity index (χ0n) is 10.0. The Kier molecular flexibility index (Phi) is 4.80. The van der Waals surface area contributed by atoms with Gasteiger partial charge >= 0.3 is 0 Å². The summed E-state index contributed by atoms with van der Waals surface area (Å²) in [5.74, 6) is 0.201. The zero-order valence-corrected chi connectivity index (χ0v) is 11.7. The number of thiol groups is 1. The van der Waals surface area contributed by atoms with Gasteiger partial charge in [-0.2, -0.15) is 12.6 Å². The van der Waals surface area contributed by atoms with Gasteiger partial charge in [-0.15, -0.1) is 11.3 Å². The van der Waals surface area contributed by atoms with E-state index in [0.29, 0.717) is 0 Å². The molecule has 0 saturated carbocycles. The molecule has 2 unspecified atom stereocenters. The van der Waals surface area contributed by atoms with Crippen LogP contribution in [0.2, 0.25) is 0 Å². The van der Waals surface area contributed by atoms with Gasteiger partial charge in [0.05, 0.1) is 11.3 Å². The first-order chi connectivity index (χ1) is 7.41. The second-order valence-corrected chi connectivity index (χ2v) is 5.69. The van der Waals surface area contributed by atoms with Crippen molar-refractivity contribution < 1.29 is 4.79 Å². The van der Waals surface area contributed by atoms with Gasteiger partial charge in [-0.1, -0.05) is 13.8 Å². The summed E-state index contributed by atoms with van der Waals surface area (Å²) in [5, 5.41) is 5.59. The van der Waals surface area contributed by atoms with Crippen LogP contribution in [0.25, 0.3) is 0 Å². The van der Waals surface area contributed by atoms with Crippen LogP contribution in [-0.4, -0.2) is 16.1 Å². The Balaban J connectivity index is 2.58. The molecule has 0 fully saturated rings. The summed E-state index contributed by atoms with van der Waals surface area (Å²) in [5.41, 5.74) is 0.993. The summed E-state index contributed by atoms with van der Waals surface area (Å²) in [6, 6.07) is -0.0420. The molecule has 0 bridgehead atoms. The Morgan fingerprint density at radius 1 is 1.50 bits per heavy atom. The smallest absolute Gasteiger partial charge is 0.233 e. The van der Waals surface area contributed by atoms with Gasteiger partial charge in [0.25, 0.3) is 0 Å². The predicted molar refractivity (Wildman–Crippen MR) is 71.0 cm³/mol. The van der Waals surface area contributed by atoms with Crippen molar-refractivity contribution in [1.29, 1.82) is 0 Å². The number of aromatic nitrogens is 1. The number of carbonyl (C=O) groups excluding carboxylic acids is 1. The van der Waals surface area contributed by atoms with E-state index in [2.05, 4.69) is 22.9 Å². The summed E-state index contributed by atoms with van der Waals surface area (Å²) in [4.78, 5) is 16.1. The highest BCUT2D eigenvalue weighted by atomic mass is 32.1. The SMILES string of the molecule is Cc1csc(C(C)NC(=O)C(S)C(C)C)n1. The van der Waals surface area contributed by atoms with Crippen LogP contribution in [0, 0.1) is 12.8 Å². The largest absolute Gasteiger partial charge is 0.346 e. The minimum absolute atomic E-state index is 0.0290. The number of nitrogens with one attached hydrogen (secondary N) is 1. The van der Waals surface area contributed by atoms with Crippen molar-refractivity contribution in [2.75, 3.05) is 0 Å². The molecule has 1 rings (SSSR count). The lowest BCUT2D eigenvalue weighted by molar-refractivity contribution is -0.121. The Morgan fingerprint density at radius 3 is 2.56 bits per heavy atom. The maximum atomic E-state index is 11.8. The normalized spacial score (nSPS) is 14.9. The van der Waals surface area contributed by atoms with Gasteiger partial charge in [0.2, 0.25) is 5.91 Å². The summed E-state index contributed by atoms with van der Waals surface area (Å²) in [6.07, 6.45) is 0. The highest BCUT2D eigenvalue weighted by Gasteiger charge is 2.20. The number of hydrogen-bond acceptors (Lipinski definition) is 4. The van der Waals surface area contributed by atoms with Crippen molar-refractivity contribution >= 4 is 29.9 Å². The molecule has 0 spiro atoms. The van der Waals surface area contributed by atoms with Crippen LogP contribution in [0.4, 0.5) is 0 Å². The maximum Gasteiger partial charge on any atom is 0.233 e. The standard InChI is InChI=1S/C11H18N2OS2/c1-6(2)9(15)10(14)13-8(4)11-12-7(3)5-16-11/h5-6,8-9,15H,1-4H3,(H,13,14). The van der Waals surface area contributed by atoms with E-state index in [1.54, 1.807) is 11.3 Å². The van der Waals surface area contributed by atoms with Gasteiger partial charge < -0.3 is 5.32 Å². The summed E-state index contributed by atoms with van der Waals surface area (Å²) < 4.78 is 0. The molecule has 1 N–H and O–H groups in total. The van der Waals surface area contributed by atoms with Crippen molar-refractivity contribution in [3.63, 3.8) is 0 Å². The highest BCUT2D eigenvalue weighted by molar-refractivity contribution is 7.81. The molecule has 0 aliphatic rings. The highest BCUT2D eigenvalue weighted by Crippen LogP contribution is 2.18. The first-order valence-corrected chi connectivity index (χ1v) is 6.72. The monoisotopic (exact) mass is 258 g/mol. The summed E-state index contributed by atoms with van der Waals surface area (Å²) in [6.45, 7) is 7.85. The molecule has 0 aliphatic heterocycles. The number of rotatable bonds is 4. The van der Waals surface area contributed by atoms with Crippen LogP contribution in [0.3, 0.4) is 0 Å². The number of amides is 1. The van der Waals surface area contributed by atoms with E-state index < -0.39 is 0 Å². The van der Waals surface area contributed by atoms with E-state index in [0.717, 1.165) is 10.7 Å². The van der Waals surface area contributed by atoms with Crippen LogP contribution in [-0.2, 0) is 4.79 Å². The molecule has 3 nitrogen and oxygen atoms in total. The zero-order chi connectivity index (χ0) is 12.3. The number of aryl methyl sites for hydroxylation is 1. The Bertz CT molecular complexity index is 363. The molecular weight excluding hydrogens is 240 g/mol. The Morgan fingerprint density at radius 2 is 2.12 bits per heavy atom. The average Bonchev–Trinajstić information content (AvgIpc) is 2.63. The summed E-state index contributed by atoms with van der Waals surface area (Å²) >= 11 is 5.85. The maximum absolute atomic E-state index is 11.8. The molecule has 16 heavy (non-hydrogen) atoms. The minimum Gasteiger partial charge on any atom is -0.346 e. The molecule has 0 aromatic carbocycles.